The van der Waals surface area contributed by atoms with Crippen LogP contribution in [0.2, 0.25) is 0 Å². The quantitative estimate of drug-likeness (QED) is 0.808. The first-order valence-corrected chi connectivity index (χ1v) is 9.45. The molecule has 1 heterocycles. The zero-order valence-corrected chi connectivity index (χ0v) is 15.1. The van der Waals surface area contributed by atoms with Crippen LogP contribution >= 0.6 is 0 Å². The maximum absolute atomic E-state index is 12.5. The first-order valence-electron chi connectivity index (χ1n) is 9.45. The van der Waals surface area contributed by atoms with Crippen molar-refractivity contribution in [3.05, 3.63) is 35.4 Å². The second-order valence-electron chi connectivity index (χ2n) is 7.37. The van der Waals surface area contributed by atoms with E-state index in [0.717, 1.165) is 52.0 Å². The van der Waals surface area contributed by atoms with E-state index in [-0.39, 0.29) is 11.8 Å². The number of amides is 1. The maximum Gasteiger partial charge on any atom is 0.223 e. The Labute approximate surface area is 146 Å². The van der Waals surface area contributed by atoms with Crippen molar-refractivity contribution in [2.24, 2.45) is 11.3 Å². The first-order chi connectivity index (χ1) is 11.7. The number of rotatable bonds is 7. The topological polar surface area (TPSA) is 44.4 Å². The molecule has 1 spiro atoms. The average molecular weight is 329 g/mol. The van der Waals surface area contributed by atoms with Gasteiger partial charge in [-0.1, -0.05) is 38.1 Å². The number of benzene rings is 1. The normalized spacial score (nSPS) is 21.9. The molecular weight excluding hydrogens is 298 g/mol. The molecule has 2 aliphatic rings. The highest BCUT2D eigenvalue weighted by atomic mass is 16.2. The summed E-state index contributed by atoms with van der Waals surface area (Å²) < 4.78 is 0. The van der Waals surface area contributed by atoms with Gasteiger partial charge in [0.15, 0.2) is 0 Å². The molecule has 24 heavy (non-hydrogen) atoms. The third kappa shape index (κ3) is 3.98. The maximum atomic E-state index is 12.5. The van der Waals surface area contributed by atoms with Gasteiger partial charge in [-0.25, -0.2) is 0 Å². The number of carbonyl (C=O) groups excluding carboxylic acids is 1. The van der Waals surface area contributed by atoms with Crippen LogP contribution in [0.3, 0.4) is 0 Å². The third-order valence-electron chi connectivity index (χ3n) is 5.86. The Morgan fingerprint density at radius 1 is 1.25 bits per heavy atom. The third-order valence-corrected chi connectivity index (χ3v) is 5.86. The molecule has 0 bridgehead atoms. The van der Waals surface area contributed by atoms with E-state index in [4.69, 9.17) is 0 Å². The van der Waals surface area contributed by atoms with Crippen LogP contribution in [-0.2, 0) is 17.9 Å². The predicted octanol–water partition coefficient (Wildman–Crippen LogP) is 2.53. The van der Waals surface area contributed by atoms with Crippen LogP contribution in [0.25, 0.3) is 0 Å². The second kappa shape index (κ2) is 7.66. The van der Waals surface area contributed by atoms with Crippen molar-refractivity contribution in [3.63, 3.8) is 0 Å². The van der Waals surface area contributed by atoms with Crippen molar-refractivity contribution in [3.8, 4) is 0 Å². The Morgan fingerprint density at radius 2 is 1.96 bits per heavy atom. The fourth-order valence-electron chi connectivity index (χ4n) is 4.05. The van der Waals surface area contributed by atoms with Gasteiger partial charge < -0.3 is 10.6 Å². The summed E-state index contributed by atoms with van der Waals surface area (Å²) in [5.41, 5.74) is 2.85. The molecule has 2 fully saturated rings. The minimum atomic E-state index is 0.249. The lowest BCUT2D eigenvalue weighted by molar-refractivity contribution is -0.123. The Kier molecular flexibility index (Phi) is 5.57. The van der Waals surface area contributed by atoms with Gasteiger partial charge in [0.1, 0.15) is 0 Å². The molecule has 1 aliphatic heterocycles. The van der Waals surface area contributed by atoms with Crippen LogP contribution < -0.4 is 10.6 Å². The number of nitrogens with one attached hydrogen (secondary N) is 2. The zero-order valence-electron chi connectivity index (χ0n) is 15.1. The standard InChI is InChI=1S/C20H31N3O/c1-3-23(4-2)15-17-7-5-6-16(12-17)14-22-19(24)18-13-20(18)8-10-21-11-9-20/h5-7,12,18,21H,3-4,8-11,13-15H2,1-2H3,(H,22,24). The number of hydrogen-bond donors (Lipinski definition) is 2. The van der Waals surface area contributed by atoms with Gasteiger partial charge in [-0.3, -0.25) is 9.69 Å². The van der Waals surface area contributed by atoms with Crippen molar-refractivity contribution in [1.29, 1.82) is 0 Å². The summed E-state index contributed by atoms with van der Waals surface area (Å²) in [5, 5.41) is 6.56. The minimum Gasteiger partial charge on any atom is -0.352 e. The summed E-state index contributed by atoms with van der Waals surface area (Å²) in [6.45, 7) is 10.3. The van der Waals surface area contributed by atoms with Crippen LogP contribution in [0, 0.1) is 11.3 Å². The average Bonchev–Trinajstić information content (AvgIpc) is 3.31. The summed E-state index contributed by atoms with van der Waals surface area (Å²) in [5.74, 6) is 0.504. The van der Waals surface area contributed by atoms with Gasteiger partial charge in [0.25, 0.3) is 0 Å². The lowest BCUT2D eigenvalue weighted by atomic mass is 9.92. The molecule has 1 aliphatic carbocycles. The number of nitrogens with zero attached hydrogens (tertiary/aromatic N) is 1. The molecule has 1 aromatic rings. The van der Waals surface area contributed by atoms with E-state index in [1.165, 1.54) is 11.1 Å². The summed E-state index contributed by atoms with van der Waals surface area (Å²) in [7, 11) is 0. The molecule has 0 radical (unpaired) electrons. The van der Waals surface area contributed by atoms with Gasteiger partial charge in [-0.05, 0) is 62.0 Å². The van der Waals surface area contributed by atoms with Crippen molar-refractivity contribution < 1.29 is 4.79 Å². The molecule has 4 nitrogen and oxygen atoms in total. The van der Waals surface area contributed by atoms with E-state index in [9.17, 15) is 4.79 Å². The van der Waals surface area contributed by atoms with Crippen molar-refractivity contribution in [2.45, 2.75) is 46.2 Å². The van der Waals surface area contributed by atoms with Crippen molar-refractivity contribution in [1.82, 2.24) is 15.5 Å². The van der Waals surface area contributed by atoms with Gasteiger partial charge in [0.2, 0.25) is 5.91 Å². The van der Waals surface area contributed by atoms with E-state index in [1.54, 1.807) is 0 Å². The summed E-state index contributed by atoms with van der Waals surface area (Å²) in [6, 6.07) is 8.62. The molecule has 132 valence electrons. The SMILES string of the molecule is CCN(CC)Cc1cccc(CNC(=O)C2CC23CCNCC3)c1. The highest BCUT2D eigenvalue weighted by molar-refractivity contribution is 5.82. The molecule has 1 unspecified atom stereocenters. The van der Waals surface area contributed by atoms with Crippen LogP contribution in [0.1, 0.15) is 44.2 Å². The highest BCUT2D eigenvalue weighted by Crippen LogP contribution is 2.58. The van der Waals surface area contributed by atoms with Gasteiger partial charge in [-0.2, -0.15) is 0 Å². The lowest BCUT2D eigenvalue weighted by Gasteiger charge is -2.23. The van der Waals surface area contributed by atoms with E-state index < -0.39 is 0 Å². The van der Waals surface area contributed by atoms with Crippen LogP contribution in [0.15, 0.2) is 24.3 Å². The van der Waals surface area contributed by atoms with Crippen molar-refractivity contribution >= 4 is 5.91 Å². The molecule has 3 rings (SSSR count). The Balaban J connectivity index is 1.50. The summed E-state index contributed by atoms with van der Waals surface area (Å²) in [6.07, 6.45) is 3.40. The monoisotopic (exact) mass is 329 g/mol. The number of carbonyl (C=O) groups is 1. The molecule has 1 saturated carbocycles. The zero-order chi connectivity index (χ0) is 17.0. The van der Waals surface area contributed by atoms with E-state index >= 15 is 0 Å². The molecule has 1 saturated heterocycles. The van der Waals surface area contributed by atoms with Gasteiger partial charge in [0, 0.05) is 19.0 Å². The molecular formula is C20H31N3O. The van der Waals surface area contributed by atoms with Gasteiger partial charge in [0.05, 0.1) is 0 Å². The molecule has 0 aromatic heterocycles. The molecule has 4 heteroatoms. The van der Waals surface area contributed by atoms with E-state index in [1.807, 2.05) is 0 Å². The van der Waals surface area contributed by atoms with Gasteiger partial charge >= 0.3 is 0 Å². The van der Waals surface area contributed by atoms with Crippen LogP contribution in [-0.4, -0.2) is 37.0 Å². The lowest BCUT2D eigenvalue weighted by Crippen LogP contribution is -2.33. The number of hydrogen-bond acceptors (Lipinski definition) is 3. The minimum absolute atomic E-state index is 0.249. The smallest absolute Gasteiger partial charge is 0.223 e. The van der Waals surface area contributed by atoms with Gasteiger partial charge in [-0.15, -0.1) is 0 Å². The second-order valence-corrected chi connectivity index (χ2v) is 7.37. The van der Waals surface area contributed by atoms with E-state index in [2.05, 4.69) is 53.6 Å². The molecule has 1 aromatic carbocycles. The summed E-state index contributed by atoms with van der Waals surface area (Å²) in [4.78, 5) is 14.9. The van der Waals surface area contributed by atoms with E-state index in [0.29, 0.717) is 12.0 Å². The molecule has 2 N–H and O–H groups in total. The predicted molar refractivity (Wildman–Crippen MR) is 97.6 cm³/mol. The van der Waals surface area contributed by atoms with Crippen molar-refractivity contribution in [2.75, 3.05) is 26.2 Å². The first kappa shape index (κ1) is 17.4. The Hall–Kier alpha value is -1.39. The summed E-state index contributed by atoms with van der Waals surface area (Å²) >= 11 is 0. The molecule has 1 amide bonds. The highest BCUT2D eigenvalue weighted by Gasteiger charge is 2.57. The largest absolute Gasteiger partial charge is 0.352 e. The Morgan fingerprint density at radius 3 is 2.67 bits per heavy atom. The fourth-order valence-corrected chi connectivity index (χ4v) is 4.05. The van der Waals surface area contributed by atoms with Crippen LogP contribution in [0.4, 0.5) is 0 Å². The molecule has 1 atom stereocenters. The van der Waals surface area contributed by atoms with Crippen LogP contribution in [0.5, 0.6) is 0 Å². The fraction of sp³-hybridized carbons (Fsp3) is 0.650. The Bertz CT molecular complexity index is 562. The number of piperidine rings is 1.